The number of benzene rings is 1. The van der Waals surface area contributed by atoms with Gasteiger partial charge in [-0.2, -0.15) is 0 Å². The van der Waals surface area contributed by atoms with Crippen molar-refractivity contribution >= 4 is 10.9 Å². The summed E-state index contributed by atoms with van der Waals surface area (Å²) >= 11 is 0. The molecule has 0 unspecified atom stereocenters. The predicted octanol–water partition coefficient (Wildman–Crippen LogP) is 1.79. The van der Waals surface area contributed by atoms with Gasteiger partial charge in [-0.1, -0.05) is 12.1 Å². The van der Waals surface area contributed by atoms with Gasteiger partial charge in [0.15, 0.2) is 0 Å². The molecule has 86 valence electrons. The van der Waals surface area contributed by atoms with Gasteiger partial charge in [-0.05, 0) is 36.0 Å². The molecule has 0 aliphatic rings. The maximum absolute atomic E-state index is 5.57. The molecule has 16 heavy (non-hydrogen) atoms. The lowest BCUT2D eigenvalue weighted by Gasteiger charge is -2.06. The third-order valence-corrected chi connectivity index (χ3v) is 2.81. The van der Waals surface area contributed by atoms with Gasteiger partial charge < -0.3 is 15.0 Å². The summed E-state index contributed by atoms with van der Waals surface area (Å²) in [5.74, 6) is 0. The molecule has 0 saturated carbocycles. The molecule has 2 rings (SSSR count). The Morgan fingerprint density at radius 3 is 2.94 bits per heavy atom. The van der Waals surface area contributed by atoms with Gasteiger partial charge in [-0.25, -0.2) is 0 Å². The molecule has 0 saturated heterocycles. The van der Waals surface area contributed by atoms with Gasteiger partial charge in [-0.3, -0.25) is 0 Å². The number of hydrogen-bond acceptors (Lipinski definition) is 2. The minimum Gasteiger partial charge on any atom is -0.383 e. The molecule has 0 bridgehead atoms. The Kier molecular flexibility index (Phi) is 3.59. The molecule has 0 amide bonds. The molecular formula is C13H18N2O. The summed E-state index contributed by atoms with van der Waals surface area (Å²) in [6, 6.07) is 8.66. The predicted molar refractivity (Wildman–Crippen MR) is 66.6 cm³/mol. The molecule has 1 heterocycles. The summed E-state index contributed by atoms with van der Waals surface area (Å²) in [5, 5.41) is 1.27. The lowest BCUT2D eigenvalue weighted by molar-refractivity contribution is 0.188. The summed E-state index contributed by atoms with van der Waals surface area (Å²) in [5.41, 5.74) is 8.14. The maximum Gasteiger partial charge on any atom is 0.0641 e. The van der Waals surface area contributed by atoms with Crippen LogP contribution in [0.5, 0.6) is 0 Å². The molecule has 1 aromatic heterocycles. The van der Waals surface area contributed by atoms with Crippen molar-refractivity contribution < 1.29 is 4.74 Å². The van der Waals surface area contributed by atoms with E-state index >= 15 is 0 Å². The minimum absolute atomic E-state index is 0.699. The summed E-state index contributed by atoms with van der Waals surface area (Å²) in [4.78, 5) is 0. The Morgan fingerprint density at radius 2 is 2.19 bits per heavy atom. The first-order valence-corrected chi connectivity index (χ1v) is 5.62. The van der Waals surface area contributed by atoms with Crippen molar-refractivity contribution in [3.05, 3.63) is 36.0 Å². The van der Waals surface area contributed by atoms with E-state index < -0.39 is 0 Å². The van der Waals surface area contributed by atoms with Crippen LogP contribution in [0.2, 0.25) is 0 Å². The van der Waals surface area contributed by atoms with Crippen molar-refractivity contribution in [3.63, 3.8) is 0 Å². The van der Waals surface area contributed by atoms with E-state index in [0.717, 1.165) is 19.6 Å². The van der Waals surface area contributed by atoms with E-state index in [2.05, 4.69) is 35.0 Å². The summed E-state index contributed by atoms with van der Waals surface area (Å²) in [6.45, 7) is 2.33. The van der Waals surface area contributed by atoms with Crippen LogP contribution in [0.15, 0.2) is 30.5 Å². The highest BCUT2D eigenvalue weighted by Crippen LogP contribution is 2.17. The largest absolute Gasteiger partial charge is 0.383 e. The monoisotopic (exact) mass is 218 g/mol. The van der Waals surface area contributed by atoms with Crippen LogP contribution in [-0.4, -0.2) is 24.8 Å². The third kappa shape index (κ3) is 2.26. The maximum atomic E-state index is 5.57. The highest BCUT2D eigenvalue weighted by atomic mass is 16.5. The van der Waals surface area contributed by atoms with E-state index in [0.29, 0.717) is 6.54 Å². The fraction of sp³-hybridized carbons (Fsp3) is 0.385. The number of rotatable bonds is 5. The first-order valence-electron chi connectivity index (χ1n) is 5.62. The van der Waals surface area contributed by atoms with E-state index in [4.69, 9.17) is 10.5 Å². The number of hydrogen-bond donors (Lipinski definition) is 1. The Balaban J connectivity index is 2.31. The summed E-state index contributed by atoms with van der Waals surface area (Å²) < 4.78 is 7.32. The van der Waals surface area contributed by atoms with Crippen LogP contribution in [-0.2, 0) is 17.7 Å². The summed E-state index contributed by atoms with van der Waals surface area (Å²) in [6.07, 6.45) is 3.04. The van der Waals surface area contributed by atoms with Gasteiger partial charge in [0.2, 0.25) is 0 Å². The van der Waals surface area contributed by atoms with Crippen LogP contribution in [0.25, 0.3) is 10.9 Å². The Morgan fingerprint density at radius 1 is 1.31 bits per heavy atom. The van der Waals surface area contributed by atoms with E-state index in [9.17, 15) is 0 Å². The van der Waals surface area contributed by atoms with Gasteiger partial charge in [0.25, 0.3) is 0 Å². The molecule has 2 aromatic rings. The second-order valence-electron chi connectivity index (χ2n) is 3.93. The van der Waals surface area contributed by atoms with Gasteiger partial charge in [-0.15, -0.1) is 0 Å². The van der Waals surface area contributed by atoms with Crippen molar-refractivity contribution in [2.45, 2.75) is 13.0 Å². The van der Waals surface area contributed by atoms with Crippen LogP contribution in [0.1, 0.15) is 5.56 Å². The first kappa shape index (κ1) is 11.2. The molecule has 3 nitrogen and oxygen atoms in total. The highest BCUT2D eigenvalue weighted by Gasteiger charge is 2.01. The third-order valence-electron chi connectivity index (χ3n) is 2.81. The number of ether oxygens (including phenoxy) is 1. The van der Waals surface area contributed by atoms with Crippen molar-refractivity contribution in [3.8, 4) is 0 Å². The van der Waals surface area contributed by atoms with Crippen LogP contribution in [0, 0.1) is 0 Å². The molecule has 1 aromatic carbocycles. The van der Waals surface area contributed by atoms with E-state index in [1.165, 1.54) is 16.5 Å². The zero-order chi connectivity index (χ0) is 11.4. The number of fused-ring (bicyclic) bond motifs is 1. The standard InChI is InChI=1S/C13H18N2O/c1-16-9-8-15-7-5-12-3-2-11(4-6-14)10-13(12)15/h2-3,5,7,10H,4,6,8-9,14H2,1H3. The first-order chi connectivity index (χ1) is 7.85. The number of nitrogens with zero attached hydrogens (tertiary/aromatic N) is 1. The molecule has 0 aliphatic carbocycles. The summed E-state index contributed by atoms with van der Waals surface area (Å²) in [7, 11) is 1.73. The van der Waals surface area contributed by atoms with E-state index in [1.807, 2.05) is 0 Å². The van der Waals surface area contributed by atoms with Crippen LogP contribution < -0.4 is 5.73 Å². The molecule has 0 radical (unpaired) electrons. The van der Waals surface area contributed by atoms with Gasteiger partial charge in [0, 0.05) is 25.4 Å². The minimum atomic E-state index is 0.699. The van der Waals surface area contributed by atoms with E-state index in [-0.39, 0.29) is 0 Å². The lowest BCUT2D eigenvalue weighted by Crippen LogP contribution is -2.04. The number of aromatic nitrogens is 1. The topological polar surface area (TPSA) is 40.2 Å². The zero-order valence-corrected chi connectivity index (χ0v) is 9.65. The Labute approximate surface area is 95.8 Å². The molecule has 3 heteroatoms. The Bertz CT molecular complexity index is 462. The van der Waals surface area contributed by atoms with Crippen molar-refractivity contribution in [2.24, 2.45) is 5.73 Å². The average molecular weight is 218 g/mol. The molecule has 0 spiro atoms. The second kappa shape index (κ2) is 5.14. The quantitative estimate of drug-likeness (QED) is 0.831. The molecule has 2 N–H and O–H groups in total. The van der Waals surface area contributed by atoms with Crippen LogP contribution in [0.3, 0.4) is 0 Å². The van der Waals surface area contributed by atoms with Gasteiger partial charge in [0.1, 0.15) is 0 Å². The van der Waals surface area contributed by atoms with Crippen LogP contribution >= 0.6 is 0 Å². The normalized spacial score (nSPS) is 11.1. The number of nitrogens with two attached hydrogens (primary N) is 1. The van der Waals surface area contributed by atoms with Crippen molar-refractivity contribution in [1.29, 1.82) is 0 Å². The molecule has 0 fully saturated rings. The van der Waals surface area contributed by atoms with Crippen molar-refractivity contribution in [2.75, 3.05) is 20.3 Å². The highest BCUT2D eigenvalue weighted by molar-refractivity contribution is 5.80. The fourth-order valence-electron chi connectivity index (χ4n) is 1.94. The van der Waals surface area contributed by atoms with Crippen LogP contribution in [0.4, 0.5) is 0 Å². The fourth-order valence-corrected chi connectivity index (χ4v) is 1.94. The molecular weight excluding hydrogens is 200 g/mol. The second-order valence-corrected chi connectivity index (χ2v) is 3.93. The number of methoxy groups -OCH3 is 1. The average Bonchev–Trinajstić information content (AvgIpc) is 2.69. The molecule has 0 aliphatic heterocycles. The SMILES string of the molecule is COCCn1ccc2ccc(CCN)cc21. The van der Waals surface area contributed by atoms with Gasteiger partial charge in [0.05, 0.1) is 6.61 Å². The van der Waals surface area contributed by atoms with Crippen molar-refractivity contribution in [1.82, 2.24) is 4.57 Å². The zero-order valence-electron chi connectivity index (χ0n) is 9.65. The Hall–Kier alpha value is -1.32. The lowest BCUT2D eigenvalue weighted by atomic mass is 10.1. The smallest absolute Gasteiger partial charge is 0.0641 e. The molecule has 0 atom stereocenters. The van der Waals surface area contributed by atoms with E-state index in [1.54, 1.807) is 7.11 Å². The van der Waals surface area contributed by atoms with Gasteiger partial charge >= 0.3 is 0 Å².